The van der Waals surface area contributed by atoms with Gasteiger partial charge in [0.15, 0.2) is 0 Å². The van der Waals surface area contributed by atoms with E-state index < -0.39 is 5.97 Å². The predicted molar refractivity (Wildman–Crippen MR) is 115 cm³/mol. The van der Waals surface area contributed by atoms with Crippen molar-refractivity contribution in [3.63, 3.8) is 0 Å². The Kier molecular flexibility index (Phi) is 8.15. The van der Waals surface area contributed by atoms with E-state index in [0.29, 0.717) is 12.8 Å². The number of aliphatic carboxylic acids is 1. The highest BCUT2D eigenvalue weighted by molar-refractivity contribution is 5.81. The third-order valence-corrected chi connectivity index (χ3v) is 4.98. The number of pyridine rings is 1. The van der Waals surface area contributed by atoms with Crippen LogP contribution in [-0.4, -0.2) is 22.1 Å². The summed E-state index contributed by atoms with van der Waals surface area (Å²) in [5, 5.41) is 15.4. The summed E-state index contributed by atoms with van der Waals surface area (Å²) in [7, 11) is 0. The normalized spacial score (nSPS) is 12.9. The molecule has 4 nitrogen and oxygen atoms in total. The Morgan fingerprint density at radius 1 is 1.04 bits per heavy atom. The third kappa shape index (κ3) is 6.17. The van der Waals surface area contributed by atoms with Crippen LogP contribution in [0.2, 0.25) is 0 Å². The van der Waals surface area contributed by atoms with Gasteiger partial charge in [0.05, 0.1) is 5.92 Å². The fourth-order valence-electron chi connectivity index (χ4n) is 3.30. The van der Waals surface area contributed by atoms with Gasteiger partial charge < -0.3 is 10.4 Å². The summed E-state index contributed by atoms with van der Waals surface area (Å²) in [6.45, 7) is 2.89. The SMILES string of the molecule is C.C[C@H](CCC(Cc1ccccc1)C(=O)O)NCc1ccc2cnccc2c1. The molecule has 2 N–H and O–H groups in total. The molecule has 1 unspecified atom stereocenters. The highest BCUT2D eigenvalue weighted by Gasteiger charge is 2.18. The number of aromatic nitrogens is 1. The van der Waals surface area contributed by atoms with Crippen molar-refractivity contribution in [3.8, 4) is 0 Å². The van der Waals surface area contributed by atoms with Gasteiger partial charge in [-0.2, -0.15) is 0 Å². The van der Waals surface area contributed by atoms with E-state index in [9.17, 15) is 9.90 Å². The summed E-state index contributed by atoms with van der Waals surface area (Å²) in [6.07, 6.45) is 5.76. The fourth-order valence-corrected chi connectivity index (χ4v) is 3.30. The zero-order valence-electron chi connectivity index (χ0n) is 15.6. The van der Waals surface area contributed by atoms with Gasteiger partial charge in [0, 0.05) is 30.4 Å². The average Bonchev–Trinajstić information content (AvgIpc) is 2.70. The lowest BCUT2D eigenvalue weighted by Crippen LogP contribution is -2.27. The number of carbonyl (C=O) groups is 1. The molecular formula is C24H30N2O2. The molecule has 0 bridgehead atoms. The highest BCUT2D eigenvalue weighted by Crippen LogP contribution is 2.17. The van der Waals surface area contributed by atoms with Gasteiger partial charge in [0.25, 0.3) is 0 Å². The maximum absolute atomic E-state index is 11.6. The van der Waals surface area contributed by atoms with E-state index in [1.807, 2.05) is 42.6 Å². The molecule has 148 valence electrons. The summed E-state index contributed by atoms with van der Waals surface area (Å²) >= 11 is 0. The van der Waals surface area contributed by atoms with Crippen LogP contribution in [0.3, 0.4) is 0 Å². The molecule has 0 aliphatic heterocycles. The topological polar surface area (TPSA) is 62.2 Å². The first kappa shape index (κ1) is 21.6. The largest absolute Gasteiger partial charge is 0.481 e. The van der Waals surface area contributed by atoms with E-state index in [1.54, 1.807) is 6.20 Å². The monoisotopic (exact) mass is 378 g/mol. The van der Waals surface area contributed by atoms with Crippen LogP contribution >= 0.6 is 0 Å². The van der Waals surface area contributed by atoms with E-state index in [2.05, 4.69) is 35.4 Å². The molecule has 0 saturated carbocycles. The summed E-state index contributed by atoms with van der Waals surface area (Å²) in [6, 6.07) is 18.5. The van der Waals surface area contributed by atoms with Gasteiger partial charge in [-0.25, -0.2) is 0 Å². The molecule has 0 amide bonds. The molecule has 2 atom stereocenters. The van der Waals surface area contributed by atoms with Gasteiger partial charge in [-0.3, -0.25) is 9.78 Å². The van der Waals surface area contributed by atoms with E-state index in [4.69, 9.17) is 0 Å². The maximum atomic E-state index is 11.6. The number of nitrogens with zero attached hydrogens (tertiary/aromatic N) is 1. The zero-order valence-corrected chi connectivity index (χ0v) is 15.6. The lowest BCUT2D eigenvalue weighted by molar-refractivity contribution is -0.142. The van der Waals surface area contributed by atoms with E-state index >= 15 is 0 Å². The minimum atomic E-state index is -0.714. The van der Waals surface area contributed by atoms with Gasteiger partial charge in [-0.1, -0.05) is 49.9 Å². The molecule has 0 radical (unpaired) electrons. The number of hydrogen-bond donors (Lipinski definition) is 2. The second-order valence-electron chi connectivity index (χ2n) is 7.14. The number of carboxylic acids is 1. The average molecular weight is 379 g/mol. The lowest BCUT2D eigenvalue weighted by atomic mass is 9.93. The van der Waals surface area contributed by atoms with Crippen LogP contribution < -0.4 is 5.32 Å². The van der Waals surface area contributed by atoms with Crippen molar-refractivity contribution in [2.75, 3.05) is 0 Å². The number of rotatable bonds is 9. The molecular weight excluding hydrogens is 348 g/mol. The molecule has 3 aromatic rings. The van der Waals surface area contributed by atoms with Crippen LogP contribution in [0, 0.1) is 5.92 Å². The number of benzene rings is 2. The van der Waals surface area contributed by atoms with Crippen molar-refractivity contribution in [3.05, 3.63) is 78.1 Å². The molecule has 0 fully saturated rings. The van der Waals surface area contributed by atoms with Crippen molar-refractivity contribution >= 4 is 16.7 Å². The van der Waals surface area contributed by atoms with Crippen LogP contribution in [-0.2, 0) is 17.8 Å². The Morgan fingerprint density at radius 2 is 1.82 bits per heavy atom. The quantitative estimate of drug-likeness (QED) is 0.545. The van der Waals surface area contributed by atoms with Gasteiger partial charge in [0.2, 0.25) is 0 Å². The summed E-state index contributed by atoms with van der Waals surface area (Å²) in [4.78, 5) is 15.7. The van der Waals surface area contributed by atoms with Crippen molar-refractivity contribution in [1.29, 1.82) is 0 Å². The Morgan fingerprint density at radius 3 is 2.57 bits per heavy atom. The van der Waals surface area contributed by atoms with Crippen molar-refractivity contribution in [2.24, 2.45) is 5.92 Å². The summed E-state index contributed by atoms with van der Waals surface area (Å²) in [5.41, 5.74) is 2.30. The van der Waals surface area contributed by atoms with Crippen molar-refractivity contribution in [2.45, 2.75) is 46.2 Å². The van der Waals surface area contributed by atoms with Crippen LogP contribution in [0.1, 0.15) is 38.3 Å². The maximum Gasteiger partial charge on any atom is 0.306 e. The van der Waals surface area contributed by atoms with Gasteiger partial charge >= 0.3 is 5.97 Å². The summed E-state index contributed by atoms with van der Waals surface area (Å²) in [5.74, 6) is -1.06. The summed E-state index contributed by atoms with van der Waals surface area (Å²) < 4.78 is 0. The number of carboxylic acid groups (broad SMARTS) is 1. The zero-order chi connectivity index (χ0) is 19.1. The number of hydrogen-bond acceptors (Lipinski definition) is 3. The van der Waals surface area contributed by atoms with E-state index in [0.717, 1.165) is 23.9 Å². The number of nitrogens with one attached hydrogen (secondary N) is 1. The Balaban J connectivity index is 0.00000280. The van der Waals surface area contributed by atoms with Crippen LogP contribution in [0.4, 0.5) is 0 Å². The Bertz CT molecular complexity index is 880. The molecule has 1 heterocycles. The van der Waals surface area contributed by atoms with Gasteiger partial charge in [-0.05, 0) is 54.8 Å². The molecule has 0 aliphatic carbocycles. The lowest BCUT2D eigenvalue weighted by Gasteiger charge is -2.17. The number of fused-ring (bicyclic) bond motifs is 1. The molecule has 4 heteroatoms. The molecule has 1 aromatic heterocycles. The van der Waals surface area contributed by atoms with Crippen molar-refractivity contribution < 1.29 is 9.90 Å². The van der Waals surface area contributed by atoms with E-state index in [-0.39, 0.29) is 19.4 Å². The van der Waals surface area contributed by atoms with Gasteiger partial charge in [0.1, 0.15) is 0 Å². The Labute approximate surface area is 167 Å². The van der Waals surface area contributed by atoms with Crippen LogP contribution in [0.5, 0.6) is 0 Å². The molecule has 0 spiro atoms. The standard InChI is InChI=1S/C23H26N2O2.CH4/c1-17(7-9-21(23(26)27)13-18-5-3-2-4-6-18)25-15-19-8-10-22-16-24-12-11-20(22)14-19;/h2-6,8,10-12,14,16-17,21,25H,7,9,13,15H2,1H3,(H,26,27);1H4/t17-,21?;/m1./s1. The minimum absolute atomic E-state index is 0. The smallest absolute Gasteiger partial charge is 0.306 e. The van der Waals surface area contributed by atoms with E-state index in [1.165, 1.54) is 10.9 Å². The fraction of sp³-hybridized carbons (Fsp3) is 0.333. The molecule has 2 aromatic carbocycles. The first-order valence-corrected chi connectivity index (χ1v) is 9.44. The minimum Gasteiger partial charge on any atom is -0.481 e. The molecule has 3 rings (SSSR count). The van der Waals surface area contributed by atoms with Crippen LogP contribution in [0.15, 0.2) is 67.0 Å². The second-order valence-corrected chi connectivity index (χ2v) is 7.14. The van der Waals surface area contributed by atoms with Gasteiger partial charge in [-0.15, -0.1) is 0 Å². The first-order chi connectivity index (χ1) is 13.1. The third-order valence-electron chi connectivity index (χ3n) is 4.98. The second kappa shape index (κ2) is 10.6. The van der Waals surface area contributed by atoms with Crippen LogP contribution in [0.25, 0.3) is 10.8 Å². The first-order valence-electron chi connectivity index (χ1n) is 9.44. The molecule has 28 heavy (non-hydrogen) atoms. The molecule has 0 saturated heterocycles. The Hall–Kier alpha value is -2.72. The molecule has 0 aliphatic rings. The predicted octanol–water partition coefficient (Wildman–Crippen LogP) is 5.07. The highest BCUT2D eigenvalue weighted by atomic mass is 16.4. The van der Waals surface area contributed by atoms with Crippen molar-refractivity contribution in [1.82, 2.24) is 10.3 Å².